The number of para-hydroxylation sites is 1. The monoisotopic (exact) mass is 477 g/mol. The molecule has 1 aliphatic rings. The number of carboxylic acid groups (broad SMARTS) is 1. The lowest BCUT2D eigenvalue weighted by atomic mass is 9.94. The highest BCUT2D eigenvalue weighted by Gasteiger charge is 2.39. The molecule has 0 unspecified atom stereocenters. The Balaban J connectivity index is 2.27. The van der Waals surface area contributed by atoms with E-state index >= 15 is 0 Å². The van der Waals surface area contributed by atoms with E-state index in [4.69, 9.17) is 21.1 Å². The van der Waals surface area contributed by atoms with Gasteiger partial charge in [0.05, 0.1) is 31.1 Å². The van der Waals surface area contributed by atoms with Crippen LogP contribution < -0.4 is 14.4 Å². The van der Waals surface area contributed by atoms with Crippen molar-refractivity contribution in [1.82, 2.24) is 0 Å². The topological polar surface area (TPSA) is 76.1 Å². The van der Waals surface area contributed by atoms with E-state index < -0.39 is 11.2 Å². The first-order valence-electron chi connectivity index (χ1n) is 10.2. The van der Waals surface area contributed by atoms with Gasteiger partial charge in [-0.3, -0.25) is 9.59 Å². The van der Waals surface area contributed by atoms with Crippen molar-refractivity contribution in [2.24, 2.45) is 5.41 Å². The number of thioether (sulfide) groups is 1. The molecule has 172 valence electrons. The molecule has 0 saturated carbocycles. The van der Waals surface area contributed by atoms with Crippen molar-refractivity contribution in [3.8, 4) is 11.5 Å². The third-order valence-corrected chi connectivity index (χ3v) is 6.82. The molecule has 0 fully saturated rings. The van der Waals surface area contributed by atoms with Gasteiger partial charge in [0.1, 0.15) is 0 Å². The molecule has 6 nitrogen and oxygen atoms in total. The van der Waals surface area contributed by atoms with E-state index in [2.05, 4.69) is 0 Å². The fourth-order valence-electron chi connectivity index (χ4n) is 3.86. The minimum Gasteiger partial charge on any atom is -0.493 e. The highest BCUT2D eigenvalue weighted by Crippen LogP contribution is 2.51. The fourth-order valence-corrected chi connectivity index (χ4v) is 5.52. The van der Waals surface area contributed by atoms with E-state index in [0.717, 1.165) is 16.8 Å². The molecule has 1 amide bonds. The first-order chi connectivity index (χ1) is 15.1. The first kappa shape index (κ1) is 24.3. The summed E-state index contributed by atoms with van der Waals surface area (Å²) in [6.07, 6.45) is -0.283. The molecule has 1 heterocycles. The number of carbonyl (C=O) groups excluding carboxylic acids is 1. The number of anilines is 1. The van der Waals surface area contributed by atoms with Crippen LogP contribution in [0.3, 0.4) is 0 Å². The molecular weight excluding hydrogens is 450 g/mol. The number of amides is 1. The SMILES string of the molecule is COc1cccc([C@@H]2S[C@@H](CC(=O)O)C(=O)N(CC(C)(C)C)c3ccc(Cl)cc32)c1OC. The minimum absolute atomic E-state index is 0.196. The summed E-state index contributed by atoms with van der Waals surface area (Å²) in [7, 11) is 3.13. The molecule has 1 N–H and O–H groups in total. The van der Waals surface area contributed by atoms with E-state index in [1.54, 1.807) is 31.3 Å². The molecule has 0 bridgehead atoms. The van der Waals surface area contributed by atoms with E-state index in [1.807, 2.05) is 45.0 Å². The molecule has 0 radical (unpaired) electrons. The summed E-state index contributed by atoms with van der Waals surface area (Å²) in [5.41, 5.74) is 2.16. The number of fused-ring (bicyclic) bond motifs is 1. The molecule has 0 spiro atoms. The van der Waals surface area contributed by atoms with Crippen LogP contribution in [0.4, 0.5) is 5.69 Å². The fraction of sp³-hybridized carbons (Fsp3) is 0.417. The van der Waals surface area contributed by atoms with Crippen LogP contribution in [-0.2, 0) is 9.59 Å². The zero-order valence-corrected chi connectivity index (χ0v) is 20.4. The largest absolute Gasteiger partial charge is 0.493 e. The number of nitrogens with zero attached hydrogens (tertiary/aromatic N) is 1. The third-order valence-electron chi connectivity index (χ3n) is 5.11. The van der Waals surface area contributed by atoms with Crippen molar-refractivity contribution in [1.29, 1.82) is 0 Å². The van der Waals surface area contributed by atoms with Gasteiger partial charge < -0.3 is 19.5 Å². The first-order valence-corrected chi connectivity index (χ1v) is 11.6. The molecule has 2 aromatic rings. The average Bonchev–Trinajstić information content (AvgIpc) is 2.82. The number of carboxylic acids is 1. The van der Waals surface area contributed by atoms with E-state index in [-0.39, 0.29) is 23.0 Å². The van der Waals surface area contributed by atoms with Gasteiger partial charge in [-0.05, 0) is 35.2 Å². The average molecular weight is 478 g/mol. The van der Waals surface area contributed by atoms with Crippen molar-refractivity contribution in [3.05, 3.63) is 52.5 Å². The molecular formula is C24H28ClNO5S. The number of aliphatic carboxylic acids is 1. The molecule has 0 saturated heterocycles. The van der Waals surface area contributed by atoms with Crippen LogP contribution in [0.1, 0.15) is 43.6 Å². The molecule has 0 aliphatic carbocycles. The Hall–Kier alpha value is -2.38. The van der Waals surface area contributed by atoms with Crippen molar-refractivity contribution in [2.45, 2.75) is 37.7 Å². The number of halogens is 1. The minimum atomic E-state index is -1.02. The summed E-state index contributed by atoms with van der Waals surface area (Å²) in [5.74, 6) is -0.137. The Bertz CT molecular complexity index is 1020. The van der Waals surface area contributed by atoms with Crippen LogP contribution in [0.2, 0.25) is 5.02 Å². The van der Waals surface area contributed by atoms with Gasteiger partial charge in [-0.2, -0.15) is 0 Å². The smallest absolute Gasteiger partial charge is 0.305 e. The second-order valence-corrected chi connectivity index (χ2v) is 10.6. The Morgan fingerprint density at radius 2 is 1.88 bits per heavy atom. The second-order valence-electron chi connectivity index (χ2n) is 8.87. The van der Waals surface area contributed by atoms with Crippen LogP contribution in [0.15, 0.2) is 36.4 Å². The highest BCUT2D eigenvalue weighted by atomic mass is 35.5. The molecule has 2 atom stereocenters. The predicted molar refractivity (Wildman–Crippen MR) is 128 cm³/mol. The van der Waals surface area contributed by atoms with Crippen LogP contribution in [0, 0.1) is 5.41 Å². The van der Waals surface area contributed by atoms with E-state index in [1.165, 1.54) is 11.8 Å². The lowest BCUT2D eigenvalue weighted by molar-refractivity contribution is -0.138. The normalized spacial score (nSPS) is 18.7. The summed E-state index contributed by atoms with van der Waals surface area (Å²) in [4.78, 5) is 27.0. The molecule has 32 heavy (non-hydrogen) atoms. The van der Waals surface area contributed by atoms with Gasteiger partial charge in [-0.15, -0.1) is 11.8 Å². The number of rotatable bonds is 6. The number of methoxy groups -OCH3 is 2. The van der Waals surface area contributed by atoms with Gasteiger partial charge in [-0.1, -0.05) is 44.5 Å². The van der Waals surface area contributed by atoms with Crippen molar-refractivity contribution >= 4 is 40.9 Å². The van der Waals surface area contributed by atoms with Crippen LogP contribution in [-0.4, -0.2) is 43.0 Å². The number of carbonyl (C=O) groups is 2. The maximum atomic E-state index is 13.6. The Kier molecular flexibility index (Phi) is 7.30. The molecule has 8 heteroatoms. The van der Waals surface area contributed by atoms with Crippen LogP contribution in [0.25, 0.3) is 0 Å². The van der Waals surface area contributed by atoms with Gasteiger partial charge in [0.15, 0.2) is 11.5 Å². The summed E-state index contributed by atoms with van der Waals surface area (Å²) in [6, 6.07) is 11.0. The summed E-state index contributed by atoms with van der Waals surface area (Å²) < 4.78 is 11.1. The third kappa shape index (κ3) is 5.15. The van der Waals surface area contributed by atoms with Gasteiger partial charge in [0.2, 0.25) is 5.91 Å². The summed E-state index contributed by atoms with van der Waals surface area (Å²) >= 11 is 7.70. The number of benzene rings is 2. The van der Waals surface area contributed by atoms with Crippen molar-refractivity contribution in [3.63, 3.8) is 0 Å². The van der Waals surface area contributed by atoms with Crippen LogP contribution in [0.5, 0.6) is 11.5 Å². The van der Waals surface area contributed by atoms with Crippen LogP contribution >= 0.6 is 23.4 Å². The zero-order valence-electron chi connectivity index (χ0n) is 18.8. The number of ether oxygens (including phenoxy) is 2. The predicted octanol–water partition coefficient (Wildman–Crippen LogP) is 5.42. The quantitative estimate of drug-likeness (QED) is 0.599. The standard InChI is InChI=1S/C24H28ClNO5S/c1-24(2,3)13-26-17-10-9-14(25)11-16(17)22(32-19(23(26)29)12-20(27)28)15-7-6-8-18(30-4)21(15)31-5/h6-11,19,22H,12-13H2,1-5H3,(H,27,28)/t19-,22-/m0/s1. The Morgan fingerprint density at radius 3 is 2.47 bits per heavy atom. The number of hydrogen-bond acceptors (Lipinski definition) is 5. The molecule has 3 rings (SSSR count). The molecule has 2 aromatic carbocycles. The lowest BCUT2D eigenvalue weighted by Gasteiger charge is -2.31. The second kappa shape index (κ2) is 9.63. The maximum absolute atomic E-state index is 13.6. The Morgan fingerprint density at radius 1 is 1.16 bits per heavy atom. The van der Waals surface area contributed by atoms with E-state index in [0.29, 0.717) is 23.1 Å². The summed E-state index contributed by atoms with van der Waals surface area (Å²) in [6.45, 7) is 6.58. The molecule has 1 aliphatic heterocycles. The number of hydrogen-bond donors (Lipinski definition) is 1. The van der Waals surface area contributed by atoms with Crippen molar-refractivity contribution in [2.75, 3.05) is 25.7 Å². The summed E-state index contributed by atoms with van der Waals surface area (Å²) in [5, 5.41) is 8.92. The van der Waals surface area contributed by atoms with Gasteiger partial charge >= 0.3 is 5.97 Å². The highest BCUT2D eigenvalue weighted by molar-refractivity contribution is 8.01. The zero-order chi connectivity index (χ0) is 23.6. The van der Waals surface area contributed by atoms with Crippen molar-refractivity contribution < 1.29 is 24.2 Å². The Labute approximate surface area is 197 Å². The van der Waals surface area contributed by atoms with Gasteiger partial charge in [0.25, 0.3) is 0 Å². The lowest BCUT2D eigenvalue weighted by Crippen LogP contribution is -2.42. The van der Waals surface area contributed by atoms with Gasteiger partial charge in [0, 0.05) is 22.8 Å². The van der Waals surface area contributed by atoms with Gasteiger partial charge in [-0.25, -0.2) is 0 Å². The maximum Gasteiger partial charge on any atom is 0.305 e. The molecule has 0 aromatic heterocycles. The van der Waals surface area contributed by atoms with E-state index in [9.17, 15) is 14.7 Å².